The molecule has 0 bridgehead atoms. The number of hydrogen-bond donors (Lipinski definition) is 0. The summed E-state index contributed by atoms with van der Waals surface area (Å²) >= 11 is 6.05. The summed E-state index contributed by atoms with van der Waals surface area (Å²) in [6.45, 7) is 0. The van der Waals surface area contributed by atoms with Crippen molar-refractivity contribution in [3.8, 4) is 0 Å². The Labute approximate surface area is 78.2 Å². The van der Waals surface area contributed by atoms with E-state index < -0.39 is 0 Å². The van der Waals surface area contributed by atoms with Crippen LogP contribution >= 0.6 is 31.9 Å². The molecule has 0 aromatic rings. The van der Waals surface area contributed by atoms with E-state index in [1.54, 1.807) is 0 Å². The molecule has 0 aliphatic rings. The molecule has 0 saturated carbocycles. The minimum absolute atomic E-state index is 0. The van der Waals surface area contributed by atoms with Crippen LogP contribution in [0, 0.1) is 0 Å². The second-order valence-corrected chi connectivity index (χ2v) is 1.47. The van der Waals surface area contributed by atoms with Gasteiger partial charge < -0.3 is 17.0 Å². The normalized spacial score (nSPS) is 5.12. The van der Waals surface area contributed by atoms with Gasteiger partial charge in [0.05, 0.1) is 0 Å². The maximum Gasteiger partial charge on any atom is 0.205 e. The van der Waals surface area contributed by atoms with Gasteiger partial charge in [-0.1, -0.05) is 15.9 Å². The number of rotatable bonds is 0. The molecule has 0 atom stereocenters. The molecule has 0 heterocycles. The Kier molecular flexibility index (Phi) is 31.5. The number of hydrogen-bond acceptors (Lipinski definition) is 0. The smallest absolute Gasteiger partial charge is 0.205 e. The van der Waals surface area contributed by atoms with Crippen LogP contribution < -0.4 is 17.0 Å². The Morgan fingerprint density at radius 3 is 1.38 bits per heavy atom. The molecule has 52 valence electrons. The van der Waals surface area contributed by atoms with Crippen molar-refractivity contribution in [2.75, 3.05) is 19.9 Å². The van der Waals surface area contributed by atoms with Crippen molar-refractivity contribution in [2.24, 2.45) is 0 Å². The van der Waals surface area contributed by atoms with Crippen LogP contribution in [0.25, 0.3) is 0 Å². The van der Waals surface area contributed by atoms with Gasteiger partial charge in [-0.2, -0.15) is 0 Å². The molecule has 0 aliphatic carbocycles. The van der Waals surface area contributed by atoms with Crippen LogP contribution in [0.15, 0.2) is 0 Å². The Balaban J connectivity index is -0.0000000750. The lowest BCUT2D eigenvalue weighted by Gasteiger charge is -1.70. The first-order valence-electron chi connectivity index (χ1n) is 1.75. The highest BCUT2D eigenvalue weighted by Crippen LogP contribution is 1.61. The highest BCUT2D eigenvalue weighted by molar-refractivity contribution is 9.17. The summed E-state index contributed by atoms with van der Waals surface area (Å²) in [5.74, 6) is 1.81. The topological polar surface area (TPSA) is 3.01 Å². The van der Waals surface area contributed by atoms with E-state index in [4.69, 9.17) is 0 Å². The molecular weight excluding hydrogens is 302 g/mol. The van der Waals surface area contributed by atoms with Crippen molar-refractivity contribution >= 4 is 37.0 Å². The monoisotopic (exact) mass is 309 g/mol. The SMILES string of the molecule is CBr.C[N+](C)=CBr.[Br-]. The Bertz CT molecular complexity index is 49.2. The van der Waals surface area contributed by atoms with Gasteiger partial charge in [0.2, 0.25) is 5.12 Å². The van der Waals surface area contributed by atoms with E-state index in [1.165, 1.54) is 0 Å². The van der Waals surface area contributed by atoms with Crippen LogP contribution in [0.4, 0.5) is 0 Å². The third-order valence-electron chi connectivity index (χ3n) is 0.195. The van der Waals surface area contributed by atoms with Crippen molar-refractivity contribution in [2.45, 2.75) is 0 Å². The van der Waals surface area contributed by atoms with Crippen LogP contribution in [0.2, 0.25) is 0 Å². The molecule has 8 heavy (non-hydrogen) atoms. The van der Waals surface area contributed by atoms with Crippen LogP contribution in [0.3, 0.4) is 0 Å². The van der Waals surface area contributed by atoms with E-state index in [1.807, 2.05) is 29.6 Å². The summed E-state index contributed by atoms with van der Waals surface area (Å²) in [5, 5.41) is 1.81. The fourth-order valence-corrected chi connectivity index (χ4v) is 0. The fourth-order valence-electron chi connectivity index (χ4n) is 0. The largest absolute Gasteiger partial charge is 1.00 e. The molecule has 0 aromatic heterocycles. The van der Waals surface area contributed by atoms with Crippen molar-refractivity contribution in [1.82, 2.24) is 0 Å². The predicted octanol–water partition coefficient (Wildman–Crippen LogP) is -1.30. The van der Waals surface area contributed by atoms with E-state index >= 15 is 0 Å². The first kappa shape index (κ1) is 16.1. The zero-order chi connectivity index (χ0) is 6.28. The van der Waals surface area contributed by atoms with Gasteiger partial charge >= 0.3 is 0 Å². The highest BCUT2D eigenvalue weighted by Gasteiger charge is 1.66. The van der Waals surface area contributed by atoms with Gasteiger partial charge in [-0.05, 0) is 5.83 Å². The minimum atomic E-state index is 0. The minimum Gasteiger partial charge on any atom is -1.00 e. The third-order valence-corrected chi connectivity index (χ3v) is 1.01. The first-order valence-corrected chi connectivity index (χ1v) is 4.25. The summed E-state index contributed by atoms with van der Waals surface area (Å²) in [6.07, 6.45) is 0. The molecular formula is C4H10Br3N. The van der Waals surface area contributed by atoms with Gasteiger partial charge in [-0.3, -0.25) is 0 Å². The van der Waals surface area contributed by atoms with Crippen LogP contribution in [-0.4, -0.2) is 29.6 Å². The van der Waals surface area contributed by atoms with Crippen molar-refractivity contribution < 1.29 is 21.6 Å². The lowest BCUT2D eigenvalue weighted by atomic mass is 11.1. The highest BCUT2D eigenvalue weighted by atomic mass is 79.9. The van der Waals surface area contributed by atoms with Gasteiger partial charge in [0.15, 0.2) is 0 Å². The van der Waals surface area contributed by atoms with Crippen LogP contribution in [0.5, 0.6) is 0 Å². The van der Waals surface area contributed by atoms with Gasteiger partial charge in [0.1, 0.15) is 14.1 Å². The number of halogens is 3. The molecule has 0 N–H and O–H groups in total. The lowest BCUT2D eigenvalue weighted by molar-refractivity contribution is -0.456. The number of nitrogens with zero attached hydrogens (tertiary/aromatic N) is 1. The molecule has 0 radical (unpaired) electrons. The van der Waals surface area contributed by atoms with Crippen molar-refractivity contribution in [3.63, 3.8) is 0 Å². The average molecular weight is 312 g/mol. The van der Waals surface area contributed by atoms with E-state index in [9.17, 15) is 0 Å². The zero-order valence-corrected chi connectivity index (χ0v) is 9.92. The summed E-state index contributed by atoms with van der Waals surface area (Å²) in [6, 6.07) is 0. The molecule has 0 aliphatic heterocycles. The van der Waals surface area contributed by atoms with E-state index in [-0.39, 0.29) is 17.0 Å². The molecule has 0 fully saturated rings. The molecule has 0 unspecified atom stereocenters. The average Bonchev–Trinajstić information content (AvgIpc) is 1.73. The Hall–Kier alpha value is 1.11. The summed E-state index contributed by atoms with van der Waals surface area (Å²) in [7, 11) is 3.91. The Morgan fingerprint density at radius 2 is 1.38 bits per heavy atom. The van der Waals surface area contributed by atoms with Gasteiger partial charge in [-0.15, -0.1) is 0 Å². The predicted molar refractivity (Wildman–Crippen MR) is 42.0 cm³/mol. The zero-order valence-electron chi connectivity index (χ0n) is 5.16. The second-order valence-electron chi connectivity index (χ2n) is 1.06. The molecule has 1 nitrogen and oxygen atoms in total. The molecule has 0 spiro atoms. The second kappa shape index (κ2) is 15.7. The maximum absolute atomic E-state index is 3.11. The van der Waals surface area contributed by atoms with Crippen LogP contribution in [0.1, 0.15) is 0 Å². The van der Waals surface area contributed by atoms with E-state index in [0.29, 0.717) is 0 Å². The fraction of sp³-hybridized carbons (Fsp3) is 0.750. The molecule has 0 amide bonds. The lowest BCUT2D eigenvalue weighted by Crippen LogP contribution is -3.00. The van der Waals surface area contributed by atoms with Gasteiger partial charge in [0, 0.05) is 15.9 Å². The van der Waals surface area contributed by atoms with E-state index in [0.717, 1.165) is 0 Å². The van der Waals surface area contributed by atoms with E-state index in [2.05, 4.69) is 31.9 Å². The molecule has 0 saturated heterocycles. The van der Waals surface area contributed by atoms with Gasteiger partial charge in [0.25, 0.3) is 0 Å². The molecule has 0 rings (SSSR count). The van der Waals surface area contributed by atoms with Crippen molar-refractivity contribution in [3.05, 3.63) is 0 Å². The summed E-state index contributed by atoms with van der Waals surface area (Å²) < 4.78 is 1.92. The van der Waals surface area contributed by atoms with Crippen LogP contribution in [-0.2, 0) is 0 Å². The summed E-state index contributed by atoms with van der Waals surface area (Å²) in [5.41, 5.74) is 0. The Morgan fingerprint density at radius 1 is 1.25 bits per heavy atom. The number of alkyl halides is 1. The van der Waals surface area contributed by atoms with Crippen molar-refractivity contribution in [1.29, 1.82) is 0 Å². The van der Waals surface area contributed by atoms with Gasteiger partial charge in [-0.25, -0.2) is 4.58 Å². The molecule has 0 aromatic carbocycles. The molecule has 4 heteroatoms. The summed E-state index contributed by atoms with van der Waals surface area (Å²) in [4.78, 5) is 0. The maximum atomic E-state index is 3.11. The third kappa shape index (κ3) is 27.4. The first-order chi connectivity index (χ1) is 3.27. The quantitative estimate of drug-likeness (QED) is 0.297. The standard InChI is InChI=1S/C3H7BrN.CH3Br.BrH/c1-5(2)3-4;1-2;/h3H,1-2H3;1H3;1H/q+1;;/p-1.